The molecule has 192 valence electrons. The van der Waals surface area contributed by atoms with Gasteiger partial charge in [0.25, 0.3) is 5.91 Å². The number of carbonyl (C=O) groups excluding carboxylic acids is 1. The minimum Gasteiger partial charge on any atom is -0.480 e. The van der Waals surface area contributed by atoms with Crippen LogP contribution in [0.3, 0.4) is 0 Å². The zero-order valence-corrected chi connectivity index (χ0v) is 22.3. The molecule has 0 aromatic heterocycles. The van der Waals surface area contributed by atoms with Gasteiger partial charge in [0.2, 0.25) is 0 Å². The number of unbranched alkanes of at least 4 members (excludes halogenated alkanes) is 1. The Balaban J connectivity index is 0.000000471. The van der Waals surface area contributed by atoms with Crippen molar-refractivity contribution >= 4 is 26.3 Å². The highest BCUT2D eigenvalue weighted by atomic mass is 31.1. The number of ether oxygens (including phenoxy) is 1. The summed E-state index contributed by atoms with van der Waals surface area (Å²) in [5.74, 6) is -0.0806. The van der Waals surface area contributed by atoms with Crippen molar-refractivity contribution in [2.75, 3.05) is 11.9 Å². The van der Waals surface area contributed by atoms with Gasteiger partial charge in [-0.3, -0.25) is 9.32 Å². The van der Waals surface area contributed by atoms with Gasteiger partial charge in [-0.2, -0.15) is 0 Å². The monoisotopic (exact) mass is 503 g/mol. The largest absolute Gasteiger partial charge is 0.480 e. The van der Waals surface area contributed by atoms with E-state index >= 15 is 0 Å². The van der Waals surface area contributed by atoms with Gasteiger partial charge in [0.05, 0.1) is 12.2 Å². The summed E-state index contributed by atoms with van der Waals surface area (Å²) in [5.41, 5.74) is 2.65. The molecule has 0 aliphatic carbocycles. The van der Waals surface area contributed by atoms with Crippen LogP contribution in [0.1, 0.15) is 74.4 Å². The third-order valence-corrected chi connectivity index (χ3v) is 5.80. The van der Waals surface area contributed by atoms with E-state index in [4.69, 9.17) is 14.4 Å². The first kappa shape index (κ1) is 30.3. The van der Waals surface area contributed by atoms with Crippen LogP contribution in [0.4, 0.5) is 5.69 Å². The fourth-order valence-corrected chi connectivity index (χ4v) is 3.67. The molecule has 0 aliphatic rings. The molecule has 2 aromatic carbocycles. The molecule has 2 rings (SSSR count). The third kappa shape index (κ3) is 11.5. The van der Waals surface area contributed by atoms with Crippen molar-refractivity contribution < 1.29 is 28.5 Å². The molecule has 0 saturated heterocycles. The summed E-state index contributed by atoms with van der Waals surface area (Å²) in [6, 6.07) is 11.9. The average Bonchev–Trinajstić information content (AvgIpc) is 2.84. The summed E-state index contributed by atoms with van der Waals surface area (Å²) < 4.78 is 20.6. The molecule has 0 spiro atoms. The Hall–Kier alpha value is -2.76. The highest BCUT2D eigenvalue weighted by Crippen LogP contribution is 2.22. The van der Waals surface area contributed by atoms with Crippen molar-refractivity contribution in [1.29, 1.82) is 0 Å². The lowest BCUT2D eigenvalue weighted by atomic mass is 10.0. The maximum atomic E-state index is 12.4. The van der Waals surface area contributed by atoms with Gasteiger partial charge in [-0.25, -0.2) is 9.36 Å². The van der Waals surface area contributed by atoms with Crippen LogP contribution < -0.4 is 10.1 Å². The Kier molecular flexibility index (Phi) is 14.5. The third-order valence-electron chi connectivity index (χ3n) is 5.55. The molecule has 0 radical (unpaired) electrons. The number of rotatable bonds is 13. The van der Waals surface area contributed by atoms with Crippen LogP contribution in [0.5, 0.6) is 5.75 Å². The quantitative estimate of drug-likeness (QED) is 0.280. The Bertz CT molecular complexity index is 949. The molecule has 8 heteroatoms. The maximum Gasteiger partial charge on any atom is 0.335 e. The van der Waals surface area contributed by atoms with Crippen molar-refractivity contribution in [1.82, 2.24) is 0 Å². The fraction of sp³-hybridized carbons (Fsp3) is 0.481. The number of hydrogen-bond donors (Lipinski definition) is 2. The van der Waals surface area contributed by atoms with Crippen LogP contribution in [0.25, 0.3) is 0 Å². The van der Waals surface area contributed by atoms with Gasteiger partial charge in [-0.15, -0.1) is 0 Å². The Morgan fingerprint density at radius 2 is 1.80 bits per heavy atom. The molecular weight excluding hydrogens is 465 g/mol. The summed E-state index contributed by atoms with van der Waals surface area (Å²) in [5, 5.41) is 11.7. The minimum atomic E-state index is -1.04. The molecular formula is C27H38NO6P. The number of carboxylic acid groups (broad SMARTS) is 1. The first-order chi connectivity index (χ1) is 16.7. The highest BCUT2D eigenvalue weighted by molar-refractivity contribution is 7.17. The Morgan fingerprint density at radius 1 is 1.06 bits per heavy atom. The van der Waals surface area contributed by atoms with Gasteiger partial charge in [-0.05, 0) is 62.4 Å². The summed E-state index contributed by atoms with van der Waals surface area (Å²) in [7, 11) is -0.181. The van der Waals surface area contributed by atoms with E-state index < -0.39 is 12.1 Å². The van der Waals surface area contributed by atoms with Crippen LogP contribution in [-0.4, -0.2) is 29.7 Å². The Morgan fingerprint density at radius 3 is 2.37 bits per heavy atom. The fourth-order valence-electron chi connectivity index (χ4n) is 3.39. The molecule has 0 bridgehead atoms. The maximum absolute atomic E-state index is 12.4. The van der Waals surface area contributed by atoms with Crippen molar-refractivity contribution in [2.45, 2.75) is 72.8 Å². The van der Waals surface area contributed by atoms with Crippen LogP contribution >= 0.6 is 8.69 Å². The number of benzene rings is 2. The van der Waals surface area contributed by atoms with E-state index in [1.54, 1.807) is 12.1 Å². The lowest BCUT2D eigenvalue weighted by Gasteiger charge is -2.19. The molecule has 2 atom stereocenters. The Labute approximate surface area is 210 Å². The van der Waals surface area contributed by atoms with E-state index in [2.05, 4.69) is 19.2 Å². The summed E-state index contributed by atoms with van der Waals surface area (Å²) in [6.45, 7) is 10.8. The molecule has 1 amide bonds. The molecule has 0 fully saturated rings. The zero-order valence-electron chi connectivity index (χ0n) is 21.4. The van der Waals surface area contributed by atoms with Crippen molar-refractivity contribution in [3.05, 3.63) is 59.2 Å². The molecule has 2 unspecified atom stereocenters. The first-order valence-corrected chi connectivity index (χ1v) is 12.8. The van der Waals surface area contributed by atoms with Gasteiger partial charge < -0.3 is 15.2 Å². The van der Waals surface area contributed by atoms with Crippen LogP contribution in [0.15, 0.2) is 42.5 Å². The number of carboxylic acids is 1. The molecule has 0 heterocycles. The van der Waals surface area contributed by atoms with Gasteiger partial charge in [0.15, 0.2) is 6.10 Å². The normalized spacial score (nSPS) is 12.3. The van der Waals surface area contributed by atoms with Gasteiger partial charge in [0.1, 0.15) is 5.75 Å². The number of amides is 1. The lowest BCUT2D eigenvalue weighted by molar-refractivity contribution is -0.122. The van der Waals surface area contributed by atoms with E-state index in [9.17, 15) is 14.2 Å². The number of nitrogens with one attached hydrogen (secondary N) is 1. The molecule has 2 aromatic rings. The SMILES string of the molecule is CCC(Oc1ccc(C)cc1C)C(=O)Nc1cccc(C(=O)O)c1.CCCCC(CC)COP=O. The van der Waals surface area contributed by atoms with E-state index in [0.717, 1.165) is 17.5 Å². The average molecular weight is 504 g/mol. The highest BCUT2D eigenvalue weighted by Gasteiger charge is 2.19. The van der Waals surface area contributed by atoms with Crippen LogP contribution in [0, 0.1) is 19.8 Å². The summed E-state index contributed by atoms with van der Waals surface area (Å²) in [4.78, 5) is 23.4. The standard InChI is InChI=1S/C19H21NO4.C8H17O2P/c1-4-16(24-17-9-8-12(2)10-13(17)3)18(21)20-15-7-5-6-14(11-15)19(22)23;1-3-5-6-8(4-2)7-10-11-9/h5-11,16H,4H2,1-3H3,(H,20,21)(H,22,23);8H,3-7H2,1-2H3. The molecule has 0 aliphatic heterocycles. The second kappa shape index (κ2) is 16.8. The molecule has 2 N–H and O–H groups in total. The second-order valence-electron chi connectivity index (χ2n) is 8.45. The summed E-state index contributed by atoms with van der Waals surface area (Å²) in [6.07, 6.45) is 4.64. The van der Waals surface area contributed by atoms with Gasteiger partial charge in [-0.1, -0.05) is 63.8 Å². The van der Waals surface area contributed by atoms with Crippen molar-refractivity contribution in [3.8, 4) is 5.75 Å². The number of carbonyl (C=O) groups is 2. The van der Waals surface area contributed by atoms with Gasteiger partial charge in [0, 0.05) is 5.69 Å². The van der Waals surface area contributed by atoms with Crippen LogP contribution in [0.2, 0.25) is 0 Å². The molecule has 0 saturated carbocycles. The number of aryl methyl sites for hydroxylation is 2. The predicted octanol–water partition coefficient (Wildman–Crippen LogP) is 7.22. The van der Waals surface area contributed by atoms with Gasteiger partial charge >= 0.3 is 14.7 Å². The predicted molar refractivity (Wildman–Crippen MR) is 140 cm³/mol. The minimum absolute atomic E-state index is 0.121. The zero-order chi connectivity index (χ0) is 26.2. The molecule has 35 heavy (non-hydrogen) atoms. The summed E-state index contributed by atoms with van der Waals surface area (Å²) >= 11 is 0. The lowest BCUT2D eigenvalue weighted by Crippen LogP contribution is -2.32. The first-order valence-electron chi connectivity index (χ1n) is 12.1. The molecule has 7 nitrogen and oxygen atoms in total. The van der Waals surface area contributed by atoms with E-state index in [1.165, 1.54) is 31.4 Å². The number of hydrogen-bond acceptors (Lipinski definition) is 5. The number of anilines is 1. The van der Waals surface area contributed by atoms with Crippen molar-refractivity contribution in [2.24, 2.45) is 5.92 Å². The van der Waals surface area contributed by atoms with E-state index in [0.29, 0.717) is 30.4 Å². The second-order valence-corrected chi connectivity index (χ2v) is 8.85. The van der Waals surface area contributed by atoms with E-state index in [-0.39, 0.29) is 20.2 Å². The van der Waals surface area contributed by atoms with Crippen LogP contribution in [-0.2, 0) is 13.9 Å². The topological polar surface area (TPSA) is 102 Å². The number of aromatic carboxylic acids is 1. The van der Waals surface area contributed by atoms with E-state index in [1.807, 2.05) is 39.0 Å². The van der Waals surface area contributed by atoms with Crippen molar-refractivity contribution in [3.63, 3.8) is 0 Å². The smallest absolute Gasteiger partial charge is 0.335 e.